The molecule has 0 amide bonds. The number of hydrogen-bond donors (Lipinski definition) is 1. The van der Waals surface area contributed by atoms with E-state index in [-0.39, 0.29) is 0 Å². The van der Waals surface area contributed by atoms with Crippen molar-refractivity contribution in [2.24, 2.45) is 0 Å². The van der Waals surface area contributed by atoms with Gasteiger partial charge in [0.05, 0.1) is 0 Å². The summed E-state index contributed by atoms with van der Waals surface area (Å²) in [5.74, 6) is -28.6. The molecule has 0 aliphatic heterocycles. The van der Waals surface area contributed by atoms with Crippen LogP contribution < -0.4 is 0 Å². The highest BCUT2D eigenvalue weighted by Gasteiger charge is 2.88. The average molecular weight is 376 g/mol. The minimum Gasteiger partial charge on any atom is -0.382 e. The Balaban J connectivity index is 3.40. The molecule has 1 atom stereocenters. The Kier molecular flexibility index (Phi) is 4.89. The average Bonchev–Trinajstić information content (AvgIpc) is 2.45. The summed E-state index contributed by atoms with van der Waals surface area (Å²) in [6.07, 6.45) is -11.0. The molecule has 1 N–H and O–H groups in total. The van der Waals surface area contributed by atoms with Crippen LogP contribution in [0.1, 0.15) is 11.7 Å². The van der Waals surface area contributed by atoms with E-state index in [0.717, 1.165) is 18.2 Å². The van der Waals surface area contributed by atoms with Gasteiger partial charge in [0.15, 0.2) is 0 Å². The second kappa shape index (κ2) is 5.74. The smallest absolute Gasteiger partial charge is 0.382 e. The molecule has 1 unspecified atom stereocenters. The fourth-order valence-electron chi connectivity index (χ4n) is 1.60. The molecular weight excluding hydrogens is 369 g/mol. The van der Waals surface area contributed by atoms with Crippen LogP contribution in [0.5, 0.6) is 0 Å². The van der Waals surface area contributed by atoms with Gasteiger partial charge in [0.1, 0.15) is 6.10 Å². The Labute approximate surface area is 126 Å². The summed E-state index contributed by atoms with van der Waals surface area (Å²) in [6.45, 7) is 0. The van der Waals surface area contributed by atoms with Crippen LogP contribution >= 0.6 is 0 Å². The van der Waals surface area contributed by atoms with E-state index in [1.54, 1.807) is 0 Å². The fourth-order valence-corrected chi connectivity index (χ4v) is 1.60. The number of hydrogen-bond acceptors (Lipinski definition) is 1. The van der Waals surface area contributed by atoms with Crippen molar-refractivity contribution >= 4 is 0 Å². The van der Waals surface area contributed by atoms with Gasteiger partial charge < -0.3 is 5.11 Å². The molecule has 0 heterocycles. The summed E-state index contributed by atoms with van der Waals surface area (Å²) in [7, 11) is 0. The molecule has 1 aromatic carbocycles. The van der Waals surface area contributed by atoms with Crippen molar-refractivity contribution in [3.8, 4) is 0 Å². The standard InChI is InChI=1S/C12H7F11O/c13-8(14,7(24)6-4-2-1-3-5-6)9(15,16)10(17,18)11(19,20)12(21,22)23/h1-5,7,24H. The lowest BCUT2D eigenvalue weighted by Gasteiger charge is -2.38. The molecule has 0 spiro atoms. The van der Waals surface area contributed by atoms with Crippen LogP contribution in [0.2, 0.25) is 0 Å². The Hall–Kier alpha value is -1.59. The summed E-state index contributed by atoms with van der Waals surface area (Å²) >= 11 is 0. The van der Waals surface area contributed by atoms with Crippen molar-refractivity contribution in [2.45, 2.75) is 36.0 Å². The zero-order valence-corrected chi connectivity index (χ0v) is 11.1. The van der Waals surface area contributed by atoms with Crippen LogP contribution in [0, 0.1) is 0 Å². The summed E-state index contributed by atoms with van der Waals surface area (Å²) in [5, 5.41) is 9.13. The maximum Gasteiger partial charge on any atom is 0.460 e. The van der Waals surface area contributed by atoms with Crippen LogP contribution in [0.25, 0.3) is 0 Å². The molecule has 138 valence electrons. The first-order valence-corrected chi connectivity index (χ1v) is 5.83. The zero-order valence-electron chi connectivity index (χ0n) is 11.1. The Morgan fingerprint density at radius 2 is 1.04 bits per heavy atom. The molecule has 0 radical (unpaired) electrons. The van der Waals surface area contributed by atoms with Gasteiger partial charge in [0.25, 0.3) is 0 Å². The summed E-state index contributed by atoms with van der Waals surface area (Å²) in [4.78, 5) is 0. The van der Waals surface area contributed by atoms with Gasteiger partial charge >= 0.3 is 29.9 Å². The number of halogens is 11. The van der Waals surface area contributed by atoms with Gasteiger partial charge in [-0.15, -0.1) is 0 Å². The molecule has 0 saturated heterocycles. The van der Waals surface area contributed by atoms with E-state index in [1.807, 2.05) is 0 Å². The van der Waals surface area contributed by atoms with Crippen LogP contribution in [-0.4, -0.2) is 35.0 Å². The quantitative estimate of drug-likeness (QED) is 0.731. The highest BCUT2D eigenvalue weighted by Crippen LogP contribution is 2.59. The van der Waals surface area contributed by atoms with Gasteiger partial charge in [0, 0.05) is 0 Å². The predicted molar refractivity (Wildman–Crippen MR) is 57.2 cm³/mol. The second-order valence-electron chi connectivity index (χ2n) is 4.66. The van der Waals surface area contributed by atoms with Crippen LogP contribution in [0.4, 0.5) is 48.3 Å². The number of alkyl halides is 11. The first kappa shape index (κ1) is 20.5. The van der Waals surface area contributed by atoms with E-state index in [9.17, 15) is 48.3 Å². The van der Waals surface area contributed by atoms with E-state index >= 15 is 0 Å². The third-order valence-corrected chi connectivity index (χ3v) is 3.02. The maximum atomic E-state index is 13.5. The predicted octanol–water partition coefficient (Wildman–Crippen LogP) is 4.82. The molecule has 0 saturated carbocycles. The molecule has 0 aliphatic carbocycles. The largest absolute Gasteiger partial charge is 0.460 e. The summed E-state index contributed by atoms with van der Waals surface area (Å²) in [6, 6.07) is 4.10. The second-order valence-corrected chi connectivity index (χ2v) is 4.66. The highest BCUT2D eigenvalue weighted by molar-refractivity contribution is 5.22. The van der Waals surface area contributed by atoms with Gasteiger partial charge in [0.2, 0.25) is 0 Å². The molecule has 12 heteroatoms. The minimum atomic E-state index is -7.53. The maximum absolute atomic E-state index is 13.5. The molecule has 1 aromatic rings. The lowest BCUT2D eigenvalue weighted by atomic mass is 9.91. The molecule has 0 bridgehead atoms. The highest BCUT2D eigenvalue weighted by atomic mass is 19.4. The molecule has 0 aromatic heterocycles. The fraction of sp³-hybridized carbons (Fsp3) is 0.500. The van der Waals surface area contributed by atoms with Gasteiger partial charge in [-0.25, -0.2) is 0 Å². The summed E-state index contributed by atoms with van der Waals surface area (Å²) < 4.78 is 141. The van der Waals surface area contributed by atoms with E-state index in [2.05, 4.69) is 0 Å². The minimum absolute atomic E-state index is 0.564. The molecule has 0 aliphatic rings. The number of rotatable bonds is 5. The van der Waals surface area contributed by atoms with E-state index in [0.29, 0.717) is 12.1 Å². The van der Waals surface area contributed by atoms with E-state index < -0.39 is 41.5 Å². The normalized spacial score (nSPS) is 16.2. The van der Waals surface area contributed by atoms with E-state index in [4.69, 9.17) is 5.11 Å². The first-order chi connectivity index (χ1) is 10.5. The van der Waals surface area contributed by atoms with Crippen molar-refractivity contribution in [2.75, 3.05) is 0 Å². The number of benzene rings is 1. The SMILES string of the molecule is OC(c1ccccc1)C(F)(F)C(F)(F)C(F)(F)C(F)(F)C(F)(F)F. The first-order valence-electron chi connectivity index (χ1n) is 5.83. The van der Waals surface area contributed by atoms with Crippen LogP contribution in [-0.2, 0) is 0 Å². The third-order valence-electron chi connectivity index (χ3n) is 3.02. The molecule has 0 fully saturated rings. The zero-order chi connectivity index (χ0) is 19.2. The van der Waals surface area contributed by atoms with Crippen LogP contribution in [0.3, 0.4) is 0 Å². The number of aliphatic hydroxyl groups excluding tert-OH is 1. The monoisotopic (exact) mass is 376 g/mol. The van der Waals surface area contributed by atoms with Crippen molar-refractivity contribution in [3.63, 3.8) is 0 Å². The van der Waals surface area contributed by atoms with Crippen molar-refractivity contribution in [3.05, 3.63) is 35.9 Å². The van der Waals surface area contributed by atoms with Crippen molar-refractivity contribution in [1.82, 2.24) is 0 Å². The van der Waals surface area contributed by atoms with Crippen molar-refractivity contribution < 1.29 is 53.4 Å². The van der Waals surface area contributed by atoms with Crippen molar-refractivity contribution in [1.29, 1.82) is 0 Å². The topological polar surface area (TPSA) is 20.2 Å². The number of aliphatic hydroxyl groups is 1. The van der Waals surface area contributed by atoms with E-state index in [1.165, 1.54) is 0 Å². The lowest BCUT2D eigenvalue weighted by molar-refractivity contribution is -0.429. The molecular formula is C12H7F11O. The summed E-state index contributed by atoms with van der Waals surface area (Å²) in [5.41, 5.74) is -1.09. The van der Waals surface area contributed by atoms with Gasteiger partial charge in [-0.3, -0.25) is 0 Å². The van der Waals surface area contributed by atoms with Gasteiger partial charge in [-0.1, -0.05) is 30.3 Å². The van der Waals surface area contributed by atoms with Crippen LogP contribution in [0.15, 0.2) is 30.3 Å². The van der Waals surface area contributed by atoms with Gasteiger partial charge in [-0.2, -0.15) is 48.3 Å². The van der Waals surface area contributed by atoms with Gasteiger partial charge in [-0.05, 0) is 5.56 Å². The Morgan fingerprint density at radius 3 is 1.42 bits per heavy atom. The Bertz CT molecular complexity index is 564. The Morgan fingerprint density at radius 1 is 0.625 bits per heavy atom. The third kappa shape index (κ3) is 2.80. The molecule has 1 nitrogen and oxygen atoms in total. The molecule has 1 rings (SSSR count). The lowest BCUT2D eigenvalue weighted by Crippen LogP contribution is -2.67. The molecule has 24 heavy (non-hydrogen) atoms.